The molecule has 5 nitrogen and oxygen atoms in total. The maximum Gasteiger partial charge on any atom is 0.263 e. The summed E-state index contributed by atoms with van der Waals surface area (Å²) in [5, 5.41) is 2.97. The zero-order valence-electron chi connectivity index (χ0n) is 18.4. The molecule has 0 bridgehead atoms. The van der Waals surface area contributed by atoms with Gasteiger partial charge in [0.25, 0.3) is 5.91 Å². The third-order valence-corrected chi connectivity index (χ3v) is 5.42. The van der Waals surface area contributed by atoms with Crippen molar-refractivity contribution in [3.05, 3.63) is 56.1 Å². The number of anilines is 2. The van der Waals surface area contributed by atoms with Gasteiger partial charge in [0.15, 0.2) is 0 Å². The summed E-state index contributed by atoms with van der Waals surface area (Å²) in [6, 6.07) is 3.75. The molecule has 5 heteroatoms. The average Bonchev–Trinajstić information content (AvgIpc) is 2.67. The zero-order valence-corrected chi connectivity index (χ0v) is 18.4. The molecule has 0 aliphatic carbocycles. The highest BCUT2D eigenvalue weighted by molar-refractivity contribution is 6.05. The summed E-state index contributed by atoms with van der Waals surface area (Å²) >= 11 is 0. The van der Waals surface area contributed by atoms with Crippen LogP contribution in [0.1, 0.15) is 85.0 Å². The average molecular weight is 399 g/mol. The molecule has 3 N–H and O–H groups in total. The lowest BCUT2D eigenvalue weighted by molar-refractivity contribution is 0.102. The van der Waals surface area contributed by atoms with Crippen molar-refractivity contribution in [3.8, 4) is 0 Å². The van der Waals surface area contributed by atoms with Gasteiger partial charge >= 0.3 is 0 Å². The Balaban J connectivity index is 2.40. The van der Waals surface area contributed by atoms with Crippen LogP contribution in [0, 0.1) is 13.8 Å². The van der Waals surface area contributed by atoms with Gasteiger partial charge in [0.2, 0.25) is 5.43 Å². The summed E-state index contributed by atoms with van der Waals surface area (Å²) in [5.74, 6) is 0.547. The topological polar surface area (TPSA) is 85.3 Å². The lowest BCUT2D eigenvalue weighted by atomic mass is 10.00. The number of amides is 1. The van der Waals surface area contributed by atoms with Crippen molar-refractivity contribution in [2.24, 2.45) is 0 Å². The Hall–Kier alpha value is -2.56. The zero-order chi connectivity index (χ0) is 21.6. The van der Waals surface area contributed by atoms with E-state index in [4.69, 9.17) is 10.2 Å². The van der Waals surface area contributed by atoms with E-state index in [0.717, 1.165) is 55.3 Å². The van der Waals surface area contributed by atoms with Gasteiger partial charge < -0.3 is 15.5 Å². The molecular weight excluding hydrogens is 364 g/mol. The molecule has 1 amide bonds. The molecular formula is C24H34N2O3. The van der Waals surface area contributed by atoms with Gasteiger partial charge in [-0.3, -0.25) is 9.59 Å². The first-order valence-electron chi connectivity index (χ1n) is 10.7. The lowest BCUT2D eigenvalue weighted by Crippen LogP contribution is -2.27. The summed E-state index contributed by atoms with van der Waals surface area (Å²) in [5.41, 5.74) is 9.84. The Labute approximate surface area is 173 Å². The van der Waals surface area contributed by atoms with E-state index >= 15 is 0 Å². The molecule has 1 heterocycles. The van der Waals surface area contributed by atoms with Crippen LogP contribution in [0.3, 0.4) is 0 Å². The SMILES string of the molecule is CCCCCCc1c(C)oc(C)c(C(=O)Nc2c(CC)cc(N)cc2CC)c1=O. The largest absolute Gasteiger partial charge is 0.465 e. The van der Waals surface area contributed by atoms with E-state index < -0.39 is 5.91 Å². The van der Waals surface area contributed by atoms with Gasteiger partial charge in [-0.15, -0.1) is 0 Å². The van der Waals surface area contributed by atoms with Gasteiger partial charge in [0.05, 0.1) is 0 Å². The number of unbranched alkanes of at least 4 members (excludes halogenated alkanes) is 3. The highest BCUT2D eigenvalue weighted by Crippen LogP contribution is 2.27. The van der Waals surface area contributed by atoms with E-state index in [1.165, 1.54) is 0 Å². The van der Waals surface area contributed by atoms with Crippen molar-refractivity contribution >= 4 is 17.3 Å². The van der Waals surface area contributed by atoms with Gasteiger partial charge in [-0.2, -0.15) is 0 Å². The molecule has 0 saturated heterocycles. The minimum absolute atomic E-state index is 0.0991. The van der Waals surface area contributed by atoms with Gasteiger partial charge in [0, 0.05) is 16.9 Å². The highest BCUT2D eigenvalue weighted by Gasteiger charge is 2.22. The molecule has 2 rings (SSSR count). The van der Waals surface area contributed by atoms with E-state index in [9.17, 15) is 9.59 Å². The molecule has 0 atom stereocenters. The summed E-state index contributed by atoms with van der Waals surface area (Å²) in [6.07, 6.45) is 6.36. The predicted octanol–water partition coefficient (Wildman–Crippen LogP) is 5.34. The summed E-state index contributed by atoms with van der Waals surface area (Å²) in [4.78, 5) is 26.2. The molecule has 0 radical (unpaired) electrons. The van der Waals surface area contributed by atoms with Crippen LogP contribution in [0.5, 0.6) is 0 Å². The monoisotopic (exact) mass is 398 g/mol. The number of hydrogen-bond acceptors (Lipinski definition) is 4. The molecule has 158 valence electrons. The number of carbonyl (C=O) groups is 1. The normalized spacial score (nSPS) is 10.9. The second kappa shape index (κ2) is 10.3. The molecule has 29 heavy (non-hydrogen) atoms. The predicted molar refractivity (Wildman–Crippen MR) is 120 cm³/mol. The first-order valence-corrected chi connectivity index (χ1v) is 10.7. The Kier molecular flexibility index (Phi) is 8.06. The standard InChI is InChI=1S/C24H34N2O3/c1-6-9-10-11-12-20-15(4)29-16(5)21(23(20)27)24(28)26-22-17(7-2)13-19(25)14-18(22)8-3/h13-14H,6-12,25H2,1-5H3,(H,26,28). The minimum atomic E-state index is -0.416. The van der Waals surface area contributed by atoms with Crippen LogP contribution < -0.4 is 16.5 Å². The van der Waals surface area contributed by atoms with Gasteiger partial charge in [-0.25, -0.2) is 0 Å². The number of benzene rings is 1. The van der Waals surface area contributed by atoms with Gasteiger partial charge in [0.1, 0.15) is 17.1 Å². The number of aryl methyl sites for hydroxylation is 4. The fraction of sp³-hybridized carbons (Fsp3) is 0.500. The van der Waals surface area contributed by atoms with Crippen LogP contribution in [0.4, 0.5) is 11.4 Å². The molecule has 1 aromatic heterocycles. The molecule has 0 saturated carbocycles. The number of hydrogen-bond donors (Lipinski definition) is 2. The van der Waals surface area contributed by atoms with Crippen molar-refractivity contribution in [2.75, 3.05) is 11.1 Å². The van der Waals surface area contributed by atoms with Gasteiger partial charge in [-0.1, -0.05) is 40.0 Å². The van der Waals surface area contributed by atoms with Crippen LogP contribution in [0.15, 0.2) is 21.3 Å². The van der Waals surface area contributed by atoms with Crippen molar-refractivity contribution < 1.29 is 9.21 Å². The fourth-order valence-corrected chi connectivity index (χ4v) is 3.78. The maximum atomic E-state index is 13.1. The quantitative estimate of drug-likeness (QED) is 0.441. The van der Waals surface area contributed by atoms with E-state index in [-0.39, 0.29) is 11.0 Å². The van der Waals surface area contributed by atoms with Crippen LogP contribution in [0.2, 0.25) is 0 Å². The number of carbonyl (C=O) groups excluding carboxylic acids is 1. The van der Waals surface area contributed by atoms with E-state index in [1.54, 1.807) is 13.8 Å². The molecule has 0 fully saturated rings. The van der Waals surface area contributed by atoms with Crippen molar-refractivity contribution in [3.63, 3.8) is 0 Å². The molecule has 0 spiro atoms. The molecule has 0 unspecified atom stereocenters. The maximum absolute atomic E-state index is 13.1. The van der Waals surface area contributed by atoms with Crippen molar-refractivity contribution in [1.29, 1.82) is 0 Å². The third kappa shape index (κ3) is 5.28. The van der Waals surface area contributed by atoms with E-state index in [2.05, 4.69) is 12.2 Å². The Morgan fingerprint density at radius 2 is 1.62 bits per heavy atom. The second-order valence-electron chi connectivity index (χ2n) is 7.58. The number of nitrogen functional groups attached to an aromatic ring is 1. The summed E-state index contributed by atoms with van der Waals surface area (Å²) in [6.45, 7) is 9.66. The Bertz CT molecular complexity index is 903. The second-order valence-corrected chi connectivity index (χ2v) is 7.58. The Morgan fingerprint density at radius 1 is 1.00 bits per heavy atom. The lowest BCUT2D eigenvalue weighted by Gasteiger charge is -2.16. The molecule has 0 aliphatic heterocycles. The Morgan fingerprint density at radius 3 is 2.17 bits per heavy atom. The van der Waals surface area contributed by atoms with Crippen LogP contribution >= 0.6 is 0 Å². The van der Waals surface area contributed by atoms with Gasteiger partial charge in [-0.05, 0) is 62.8 Å². The number of nitrogens with two attached hydrogens (primary N) is 1. The fourth-order valence-electron chi connectivity index (χ4n) is 3.78. The van der Waals surface area contributed by atoms with Crippen LogP contribution in [-0.2, 0) is 19.3 Å². The highest BCUT2D eigenvalue weighted by atomic mass is 16.3. The van der Waals surface area contributed by atoms with Crippen molar-refractivity contribution in [2.45, 2.75) is 79.6 Å². The summed E-state index contributed by atoms with van der Waals surface area (Å²) < 4.78 is 5.79. The van der Waals surface area contributed by atoms with E-state index in [0.29, 0.717) is 29.2 Å². The van der Waals surface area contributed by atoms with Crippen molar-refractivity contribution in [1.82, 2.24) is 0 Å². The third-order valence-electron chi connectivity index (χ3n) is 5.42. The smallest absolute Gasteiger partial charge is 0.263 e. The first-order chi connectivity index (χ1) is 13.8. The van der Waals surface area contributed by atoms with Crippen LogP contribution in [0.25, 0.3) is 0 Å². The molecule has 2 aromatic rings. The number of rotatable bonds is 9. The van der Waals surface area contributed by atoms with E-state index in [1.807, 2.05) is 26.0 Å². The minimum Gasteiger partial charge on any atom is -0.465 e. The molecule has 0 aliphatic rings. The molecule has 1 aromatic carbocycles. The first kappa shape index (κ1) is 22.7. The summed E-state index contributed by atoms with van der Waals surface area (Å²) in [7, 11) is 0. The van der Waals surface area contributed by atoms with Crippen LogP contribution in [-0.4, -0.2) is 5.91 Å². The number of nitrogens with one attached hydrogen (secondary N) is 1.